The molecular formula is C15H22N4O2. The topological polar surface area (TPSA) is 61.2 Å². The molecule has 0 aliphatic heterocycles. The summed E-state index contributed by atoms with van der Waals surface area (Å²) in [6.07, 6.45) is 3.69. The van der Waals surface area contributed by atoms with Gasteiger partial charge in [0.05, 0.1) is 18.9 Å². The molecule has 2 rings (SSSR count). The number of benzene rings is 1. The third kappa shape index (κ3) is 5.53. The Bertz CT molecular complexity index is 501. The molecule has 1 aromatic carbocycles. The Labute approximate surface area is 125 Å². The third-order valence-corrected chi connectivity index (χ3v) is 2.95. The number of nitrogens with one attached hydrogen (secondary N) is 1. The van der Waals surface area contributed by atoms with Crippen molar-refractivity contribution in [3.05, 3.63) is 36.7 Å². The minimum absolute atomic E-state index is 0.422. The van der Waals surface area contributed by atoms with Crippen molar-refractivity contribution in [2.75, 3.05) is 33.4 Å². The summed E-state index contributed by atoms with van der Waals surface area (Å²) < 4.78 is 12.2. The van der Waals surface area contributed by atoms with Crippen LogP contribution in [0.25, 0.3) is 5.69 Å². The van der Waals surface area contributed by atoms with Gasteiger partial charge in [-0.05, 0) is 31.5 Å². The Kier molecular flexibility index (Phi) is 6.70. The number of para-hydroxylation sites is 1. The molecule has 0 aliphatic carbocycles. The van der Waals surface area contributed by atoms with E-state index < -0.39 is 0 Å². The Morgan fingerprint density at radius 3 is 2.76 bits per heavy atom. The van der Waals surface area contributed by atoms with E-state index in [2.05, 4.69) is 15.4 Å². The molecule has 0 radical (unpaired) electrons. The van der Waals surface area contributed by atoms with Crippen molar-refractivity contribution in [2.45, 2.75) is 12.8 Å². The van der Waals surface area contributed by atoms with Crippen LogP contribution in [-0.4, -0.2) is 48.2 Å². The van der Waals surface area contributed by atoms with Crippen LogP contribution in [0.2, 0.25) is 0 Å². The normalized spacial score (nSPS) is 10.7. The standard InChI is InChI=1S/C15H22N4O2/c1-20-12-10-16-9-5-6-11-21-15-17-13-19(18-15)14-7-3-2-4-8-14/h2-4,7-8,13,16H,5-6,9-12H2,1H3. The molecule has 0 saturated carbocycles. The zero-order valence-corrected chi connectivity index (χ0v) is 12.4. The van der Waals surface area contributed by atoms with E-state index >= 15 is 0 Å². The van der Waals surface area contributed by atoms with Crippen LogP contribution in [0.4, 0.5) is 0 Å². The van der Waals surface area contributed by atoms with Crippen LogP contribution in [-0.2, 0) is 4.74 Å². The quantitative estimate of drug-likeness (QED) is 0.674. The van der Waals surface area contributed by atoms with Crippen LogP contribution in [0.15, 0.2) is 36.7 Å². The number of nitrogens with zero attached hydrogens (tertiary/aromatic N) is 3. The van der Waals surface area contributed by atoms with Gasteiger partial charge in [0.2, 0.25) is 0 Å². The van der Waals surface area contributed by atoms with Crippen molar-refractivity contribution >= 4 is 0 Å². The predicted molar refractivity (Wildman–Crippen MR) is 80.8 cm³/mol. The van der Waals surface area contributed by atoms with Gasteiger partial charge in [0.1, 0.15) is 6.33 Å². The lowest BCUT2D eigenvalue weighted by Gasteiger charge is -2.04. The molecule has 1 aromatic heterocycles. The molecule has 0 aliphatic rings. The van der Waals surface area contributed by atoms with E-state index in [9.17, 15) is 0 Å². The van der Waals surface area contributed by atoms with Gasteiger partial charge in [-0.1, -0.05) is 18.2 Å². The Morgan fingerprint density at radius 2 is 1.95 bits per heavy atom. The van der Waals surface area contributed by atoms with Crippen molar-refractivity contribution in [2.24, 2.45) is 0 Å². The maximum absolute atomic E-state index is 5.54. The van der Waals surface area contributed by atoms with Gasteiger partial charge in [-0.25, -0.2) is 4.68 Å². The molecule has 0 amide bonds. The van der Waals surface area contributed by atoms with Crippen molar-refractivity contribution in [1.29, 1.82) is 0 Å². The molecule has 2 aromatic rings. The second-order valence-electron chi connectivity index (χ2n) is 4.61. The average molecular weight is 290 g/mol. The van der Waals surface area contributed by atoms with Crippen LogP contribution in [0.1, 0.15) is 12.8 Å². The molecule has 0 atom stereocenters. The molecule has 1 N–H and O–H groups in total. The third-order valence-electron chi connectivity index (χ3n) is 2.95. The van der Waals surface area contributed by atoms with Gasteiger partial charge < -0.3 is 14.8 Å². The number of hydrogen-bond donors (Lipinski definition) is 1. The summed E-state index contributed by atoms with van der Waals surface area (Å²) in [7, 11) is 1.71. The highest BCUT2D eigenvalue weighted by Crippen LogP contribution is 2.08. The van der Waals surface area contributed by atoms with E-state index in [1.54, 1.807) is 18.1 Å². The van der Waals surface area contributed by atoms with Crippen LogP contribution in [0, 0.1) is 0 Å². The van der Waals surface area contributed by atoms with E-state index in [-0.39, 0.29) is 0 Å². The molecule has 114 valence electrons. The summed E-state index contributed by atoms with van der Waals surface area (Å²) in [5, 5.41) is 7.58. The van der Waals surface area contributed by atoms with Crippen LogP contribution in [0.5, 0.6) is 6.01 Å². The molecule has 0 bridgehead atoms. The first-order chi connectivity index (χ1) is 10.4. The minimum atomic E-state index is 0.422. The van der Waals surface area contributed by atoms with Gasteiger partial charge >= 0.3 is 6.01 Å². The van der Waals surface area contributed by atoms with E-state index in [1.807, 2.05) is 30.3 Å². The summed E-state index contributed by atoms with van der Waals surface area (Å²) in [6.45, 7) is 3.24. The van der Waals surface area contributed by atoms with Gasteiger partial charge in [-0.2, -0.15) is 4.98 Å². The smallest absolute Gasteiger partial charge is 0.335 e. The van der Waals surface area contributed by atoms with E-state index in [1.165, 1.54) is 0 Å². The Balaban J connectivity index is 1.63. The lowest BCUT2D eigenvalue weighted by atomic mass is 10.3. The molecule has 0 spiro atoms. The summed E-state index contributed by atoms with van der Waals surface area (Å²) in [4.78, 5) is 4.15. The second kappa shape index (κ2) is 9.10. The first-order valence-corrected chi connectivity index (χ1v) is 7.19. The fourth-order valence-electron chi connectivity index (χ4n) is 1.83. The van der Waals surface area contributed by atoms with E-state index in [0.717, 1.165) is 38.2 Å². The fraction of sp³-hybridized carbons (Fsp3) is 0.467. The zero-order chi connectivity index (χ0) is 14.8. The highest BCUT2D eigenvalue weighted by molar-refractivity contribution is 5.29. The molecule has 0 unspecified atom stereocenters. The number of hydrogen-bond acceptors (Lipinski definition) is 5. The average Bonchev–Trinajstić information content (AvgIpc) is 3.00. The van der Waals surface area contributed by atoms with Crippen LogP contribution < -0.4 is 10.1 Å². The summed E-state index contributed by atoms with van der Waals surface area (Å²) in [5.74, 6) is 0. The molecule has 21 heavy (non-hydrogen) atoms. The lowest BCUT2D eigenvalue weighted by Crippen LogP contribution is -2.20. The number of methoxy groups -OCH3 is 1. The lowest BCUT2D eigenvalue weighted by molar-refractivity contribution is 0.199. The first kappa shape index (κ1) is 15.5. The predicted octanol–water partition coefficient (Wildman–Crippen LogP) is 1.66. The van der Waals surface area contributed by atoms with Gasteiger partial charge in [0, 0.05) is 13.7 Å². The highest BCUT2D eigenvalue weighted by Gasteiger charge is 2.02. The molecule has 0 saturated heterocycles. The Morgan fingerprint density at radius 1 is 1.10 bits per heavy atom. The number of unbranched alkanes of at least 4 members (excludes halogenated alkanes) is 1. The SMILES string of the molecule is COCCNCCCCOc1ncn(-c2ccccc2)n1. The van der Waals surface area contributed by atoms with Crippen LogP contribution in [0.3, 0.4) is 0 Å². The molecule has 6 heteroatoms. The monoisotopic (exact) mass is 290 g/mol. The fourth-order valence-corrected chi connectivity index (χ4v) is 1.83. The second-order valence-corrected chi connectivity index (χ2v) is 4.61. The van der Waals surface area contributed by atoms with Crippen LogP contribution >= 0.6 is 0 Å². The van der Waals surface area contributed by atoms with Crippen molar-refractivity contribution in [1.82, 2.24) is 20.1 Å². The number of rotatable bonds is 10. The van der Waals surface area contributed by atoms with Crippen molar-refractivity contribution in [3.63, 3.8) is 0 Å². The largest absolute Gasteiger partial charge is 0.462 e. The summed E-state index contributed by atoms with van der Waals surface area (Å²) >= 11 is 0. The number of ether oxygens (including phenoxy) is 2. The minimum Gasteiger partial charge on any atom is -0.462 e. The first-order valence-electron chi connectivity index (χ1n) is 7.19. The molecule has 0 fully saturated rings. The molecule has 1 heterocycles. The highest BCUT2D eigenvalue weighted by atomic mass is 16.5. The maximum Gasteiger partial charge on any atom is 0.335 e. The molecular weight excluding hydrogens is 268 g/mol. The Hall–Kier alpha value is -1.92. The summed E-state index contributed by atoms with van der Waals surface area (Å²) in [6, 6.07) is 10.3. The maximum atomic E-state index is 5.54. The van der Waals surface area contributed by atoms with Gasteiger partial charge in [0.25, 0.3) is 0 Å². The summed E-state index contributed by atoms with van der Waals surface area (Å²) in [5.41, 5.74) is 0.974. The zero-order valence-electron chi connectivity index (χ0n) is 12.4. The van der Waals surface area contributed by atoms with Gasteiger partial charge in [0.15, 0.2) is 0 Å². The van der Waals surface area contributed by atoms with Crippen molar-refractivity contribution < 1.29 is 9.47 Å². The van der Waals surface area contributed by atoms with Gasteiger partial charge in [-0.15, -0.1) is 5.10 Å². The van der Waals surface area contributed by atoms with E-state index in [4.69, 9.17) is 9.47 Å². The van der Waals surface area contributed by atoms with Crippen molar-refractivity contribution in [3.8, 4) is 11.7 Å². The van der Waals surface area contributed by atoms with Gasteiger partial charge in [-0.3, -0.25) is 0 Å². The van der Waals surface area contributed by atoms with E-state index in [0.29, 0.717) is 12.6 Å². The number of aromatic nitrogens is 3. The molecule has 6 nitrogen and oxygen atoms in total.